The molecule has 5 heteroatoms. The molecule has 2 aromatic rings. The number of hydrogen-bond donors (Lipinski definition) is 0. The average molecular weight is 305 g/mol. The van der Waals surface area contributed by atoms with Crippen molar-refractivity contribution in [3.63, 3.8) is 0 Å². The van der Waals surface area contributed by atoms with E-state index in [0.29, 0.717) is 12.3 Å². The molecular formula is C15H15NO2S2. The van der Waals surface area contributed by atoms with Crippen LogP contribution in [0.5, 0.6) is 5.75 Å². The zero-order valence-corrected chi connectivity index (χ0v) is 12.8. The van der Waals surface area contributed by atoms with Crippen LogP contribution in [0.1, 0.15) is 11.8 Å². The molecule has 1 aliphatic rings. The van der Waals surface area contributed by atoms with Gasteiger partial charge in [0, 0.05) is 17.2 Å². The molecule has 0 saturated heterocycles. The van der Waals surface area contributed by atoms with Crippen molar-refractivity contribution in [2.75, 3.05) is 17.2 Å². The van der Waals surface area contributed by atoms with Crippen molar-refractivity contribution in [3.8, 4) is 5.75 Å². The van der Waals surface area contributed by atoms with E-state index in [0.717, 1.165) is 17.9 Å². The van der Waals surface area contributed by atoms with Crippen LogP contribution in [0, 0.1) is 0 Å². The van der Waals surface area contributed by atoms with Gasteiger partial charge >= 0.3 is 6.09 Å². The SMILES string of the molecule is CCc1cc2c(s1)SCCN2C(=O)Oc1ccccc1. The number of carbonyl (C=O) groups is 1. The summed E-state index contributed by atoms with van der Waals surface area (Å²) < 4.78 is 6.66. The molecule has 0 unspecified atom stereocenters. The second kappa shape index (κ2) is 5.89. The topological polar surface area (TPSA) is 29.5 Å². The number of thiophene rings is 1. The number of hydrogen-bond acceptors (Lipinski definition) is 4. The van der Waals surface area contributed by atoms with Gasteiger partial charge < -0.3 is 4.74 Å². The summed E-state index contributed by atoms with van der Waals surface area (Å²) in [4.78, 5) is 15.4. The maximum Gasteiger partial charge on any atom is 0.419 e. The molecule has 0 radical (unpaired) electrons. The first-order valence-corrected chi connectivity index (χ1v) is 8.38. The van der Waals surface area contributed by atoms with E-state index in [2.05, 4.69) is 13.0 Å². The number of rotatable bonds is 2. The van der Waals surface area contributed by atoms with Crippen LogP contribution in [0.2, 0.25) is 0 Å². The molecule has 0 atom stereocenters. The summed E-state index contributed by atoms with van der Waals surface area (Å²) in [5.74, 6) is 1.50. The minimum absolute atomic E-state index is 0.293. The number of para-hydroxylation sites is 1. The quantitative estimate of drug-likeness (QED) is 0.822. The Labute approximate surface area is 126 Å². The Morgan fingerprint density at radius 3 is 2.90 bits per heavy atom. The van der Waals surface area contributed by atoms with Gasteiger partial charge in [0.25, 0.3) is 0 Å². The van der Waals surface area contributed by atoms with Crippen LogP contribution in [0.4, 0.5) is 10.5 Å². The van der Waals surface area contributed by atoms with Crippen molar-refractivity contribution in [1.82, 2.24) is 0 Å². The Morgan fingerprint density at radius 2 is 2.15 bits per heavy atom. The molecule has 3 nitrogen and oxygen atoms in total. The Balaban J connectivity index is 1.81. The normalized spacial score (nSPS) is 13.9. The number of ether oxygens (including phenoxy) is 1. The van der Waals surface area contributed by atoms with Gasteiger partial charge in [-0.25, -0.2) is 4.79 Å². The van der Waals surface area contributed by atoms with Crippen molar-refractivity contribution in [2.45, 2.75) is 17.6 Å². The zero-order chi connectivity index (χ0) is 13.9. The fourth-order valence-electron chi connectivity index (χ4n) is 2.06. The lowest BCUT2D eigenvalue weighted by Crippen LogP contribution is -2.37. The Bertz CT molecular complexity index is 610. The van der Waals surface area contributed by atoms with Crippen LogP contribution in [-0.4, -0.2) is 18.4 Å². The highest BCUT2D eigenvalue weighted by atomic mass is 32.2. The van der Waals surface area contributed by atoms with Gasteiger partial charge in [-0.3, -0.25) is 4.90 Å². The van der Waals surface area contributed by atoms with Gasteiger partial charge in [0.1, 0.15) is 5.75 Å². The summed E-state index contributed by atoms with van der Waals surface area (Å²) in [7, 11) is 0. The summed E-state index contributed by atoms with van der Waals surface area (Å²) >= 11 is 3.60. The van der Waals surface area contributed by atoms with E-state index in [-0.39, 0.29) is 6.09 Å². The molecule has 1 aromatic heterocycles. The van der Waals surface area contributed by atoms with Crippen molar-refractivity contribution in [3.05, 3.63) is 41.3 Å². The third kappa shape index (κ3) is 2.69. The van der Waals surface area contributed by atoms with E-state index in [1.54, 1.807) is 28.4 Å². The Morgan fingerprint density at radius 1 is 1.35 bits per heavy atom. The standard InChI is InChI=1S/C15H15NO2S2/c1-2-12-10-13-14(20-12)19-9-8-16(13)15(17)18-11-6-4-3-5-7-11/h3-7,10H,2,8-9H2,1H3. The van der Waals surface area contributed by atoms with Crippen molar-refractivity contribution in [2.24, 2.45) is 0 Å². The highest BCUT2D eigenvalue weighted by Crippen LogP contribution is 2.42. The summed E-state index contributed by atoms with van der Waals surface area (Å²) in [6.45, 7) is 2.83. The summed E-state index contributed by atoms with van der Waals surface area (Å²) in [5, 5.41) is 0. The van der Waals surface area contributed by atoms with Gasteiger partial charge in [-0.05, 0) is 24.6 Å². The third-order valence-corrected chi connectivity index (χ3v) is 5.61. The highest BCUT2D eigenvalue weighted by Gasteiger charge is 2.26. The predicted molar refractivity (Wildman–Crippen MR) is 84.2 cm³/mol. The van der Waals surface area contributed by atoms with E-state index >= 15 is 0 Å². The minimum Gasteiger partial charge on any atom is -0.410 e. The van der Waals surface area contributed by atoms with E-state index < -0.39 is 0 Å². The average Bonchev–Trinajstić information content (AvgIpc) is 2.91. The molecule has 20 heavy (non-hydrogen) atoms. The largest absolute Gasteiger partial charge is 0.419 e. The van der Waals surface area contributed by atoms with Crippen molar-refractivity contribution < 1.29 is 9.53 Å². The van der Waals surface area contributed by atoms with E-state index in [1.807, 2.05) is 30.0 Å². The molecule has 0 aliphatic carbocycles. The van der Waals surface area contributed by atoms with Gasteiger partial charge in [-0.2, -0.15) is 0 Å². The summed E-state index contributed by atoms with van der Waals surface area (Å²) in [6, 6.07) is 11.3. The molecule has 0 bridgehead atoms. The van der Waals surface area contributed by atoms with Crippen LogP contribution in [0.3, 0.4) is 0 Å². The van der Waals surface area contributed by atoms with Crippen LogP contribution in [-0.2, 0) is 6.42 Å². The molecule has 1 aromatic carbocycles. The van der Waals surface area contributed by atoms with Crippen molar-refractivity contribution >= 4 is 34.9 Å². The number of aryl methyl sites for hydroxylation is 1. The fraction of sp³-hybridized carbons (Fsp3) is 0.267. The number of fused-ring (bicyclic) bond motifs is 1. The van der Waals surface area contributed by atoms with Gasteiger partial charge in [-0.15, -0.1) is 23.1 Å². The number of carbonyl (C=O) groups excluding carboxylic acids is 1. The Hall–Kier alpha value is -1.46. The van der Waals surface area contributed by atoms with Gasteiger partial charge in [0.15, 0.2) is 0 Å². The zero-order valence-electron chi connectivity index (χ0n) is 11.2. The first kappa shape index (κ1) is 13.5. The Kier molecular flexibility index (Phi) is 3.98. The van der Waals surface area contributed by atoms with Crippen LogP contribution in [0.25, 0.3) is 0 Å². The lowest BCUT2D eigenvalue weighted by atomic mass is 10.3. The number of benzene rings is 1. The minimum atomic E-state index is -0.293. The van der Waals surface area contributed by atoms with Crippen molar-refractivity contribution in [1.29, 1.82) is 0 Å². The first-order valence-electron chi connectivity index (χ1n) is 6.58. The van der Waals surface area contributed by atoms with E-state index in [1.165, 1.54) is 9.09 Å². The molecule has 104 valence electrons. The molecule has 0 spiro atoms. The molecule has 0 fully saturated rings. The van der Waals surface area contributed by atoms with Gasteiger partial charge in [0.05, 0.1) is 9.90 Å². The highest BCUT2D eigenvalue weighted by molar-refractivity contribution is 8.01. The lowest BCUT2D eigenvalue weighted by molar-refractivity contribution is 0.208. The molecule has 0 saturated carbocycles. The molecule has 3 rings (SSSR count). The lowest BCUT2D eigenvalue weighted by Gasteiger charge is -2.25. The summed E-state index contributed by atoms with van der Waals surface area (Å²) in [6.07, 6.45) is 0.706. The molecule has 1 amide bonds. The van der Waals surface area contributed by atoms with Crippen LogP contribution < -0.4 is 9.64 Å². The molecule has 0 N–H and O–H groups in total. The molecular weight excluding hydrogens is 290 g/mol. The van der Waals surface area contributed by atoms with E-state index in [4.69, 9.17) is 4.74 Å². The number of thioether (sulfide) groups is 1. The molecule has 1 aliphatic heterocycles. The first-order chi connectivity index (χ1) is 9.78. The van der Waals surface area contributed by atoms with Gasteiger partial charge in [0.2, 0.25) is 0 Å². The van der Waals surface area contributed by atoms with Crippen LogP contribution >= 0.6 is 23.1 Å². The van der Waals surface area contributed by atoms with E-state index in [9.17, 15) is 4.79 Å². The maximum atomic E-state index is 12.3. The summed E-state index contributed by atoms with van der Waals surface area (Å²) in [5.41, 5.74) is 1.00. The third-order valence-electron chi connectivity index (χ3n) is 3.09. The smallest absolute Gasteiger partial charge is 0.410 e. The van der Waals surface area contributed by atoms with Gasteiger partial charge in [-0.1, -0.05) is 25.1 Å². The monoisotopic (exact) mass is 305 g/mol. The fourth-order valence-corrected chi connectivity index (χ4v) is 4.47. The van der Waals surface area contributed by atoms with Crippen LogP contribution in [0.15, 0.2) is 40.6 Å². The molecule has 2 heterocycles. The number of nitrogens with zero attached hydrogens (tertiary/aromatic N) is 1. The second-order valence-electron chi connectivity index (χ2n) is 4.42. The number of amides is 1. The number of anilines is 1. The second-order valence-corrected chi connectivity index (χ2v) is 6.92. The predicted octanol–water partition coefficient (Wildman–Crippen LogP) is 4.42. The maximum absolute atomic E-state index is 12.3.